The van der Waals surface area contributed by atoms with Crippen molar-refractivity contribution >= 4 is 43.6 Å². The van der Waals surface area contributed by atoms with Crippen LogP contribution in [0, 0.1) is 29.1 Å². The van der Waals surface area contributed by atoms with Crippen LogP contribution in [0.2, 0.25) is 0 Å². The van der Waals surface area contributed by atoms with E-state index in [4.69, 9.17) is 19.9 Å². The third kappa shape index (κ3) is 10.1. The van der Waals surface area contributed by atoms with Crippen LogP contribution in [0.3, 0.4) is 0 Å². The van der Waals surface area contributed by atoms with Gasteiger partial charge in [-0.15, -0.1) is 0 Å². The maximum Gasteiger partial charge on any atom is 0.420 e. The molecule has 0 unspecified atom stereocenters. The van der Waals surface area contributed by atoms with Gasteiger partial charge in [0.05, 0.1) is 61.8 Å². The van der Waals surface area contributed by atoms with E-state index in [0.29, 0.717) is 88.5 Å². The third-order valence-electron chi connectivity index (χ3n) is 17.6. The zero-order valence-electron chi connectivity index (χ0n) is 49.8. The molecule has 0 aliphatic carbocycles. The van der Waals surface area contributed by atoms with E-state index in [-0.39, 0.29) is 11.0 Å². The van der Waals surface area contributed by atoms with Gasteiger partial charge in [0.15, 0.2) is 23.3 Å². The topological polar surface area (TPSA) is 61.4 Å². The molecule has 95 heavy (non-hydrogen) atoms. The molecule has 16 aromatic rings. The highest BCUT2D eigenvalue weighted by Crippen LogP contribution is 2.50. The number of pyridine rings is 4. The van der Waals surface area contributed by atoms with Crippen molar-refractivity contribution in [3.8, 4) is 112 Å². The lowest BCUT2D eigenvalue weighted by molar-refractivity contribution is -0.137. The Morgan fingerprint density at radius 3 is 0.832 bits per heavy atom. The van der Waals surface area contributed by atoms with E-state index < -0.39 is 63.3 Å². The van der Waals surface area contributed by atoms with Crippen LogP contribution >= 0.6 is 0 Å². The zero-order chi connectivity index (χ0) is 64.6. The molecule has 0 aliphatic rings. The molecule has 0 spiro atoms. The third-order valence-corrected chi connectivity index (χ3v) is 17.6. The molecule has 0 aliphatic heterocycles. The van der Waals surface area contributed by atoms with Gasteiger partial charge in [-0.3, -0.25) is 19.9 Å². The van der Waals surface area contributed by atoms with Gasteiger partial charge in [0.2, 0.25) is 5.82 Å². The Morgan fingerprint density at radius 1 is 0.263 bits per heavy atom. The number of fused-ring (bicyclic) bond motifs is 6. The molecule has 0 saturated heterocycles. The van der Waals surface area contributed by atoms with Crippen LogP contribution in [0.15, 0.2) is 280 Å². The Morgan fingerprint density at radius 2 is 0.547 bits per heavy atom. The van der Waals surface area contributed by atoms with E-state index in [2.05, 4.69) is 0 Å². The first kappa shape index (κ1) is 58.0. The second kappa shape index (κ2) is 23.2. The van der Waals surface area contributed by atoms with Gasteiger partial charge in [-0.25, -0.2) is 22.0 Å². The summed E-state index contributed by atoms with van der Waals surface area (Å²) in [6, 6.07) is 76.4. The molecular weight excluding hydrogens is 1210 g/mol. The monoisotopic (exact) mass is 1250 g/mol. The molecule has 456 valence electrons. The van der Waals surface area contributed by atoms with Gasteiger partial charge >= 0.3 is 6.18 Å². The van der Waals surface area contributed by atoms with E-state index >= 15 is 35.1 Å². The van der Waals surface area contributed by atoms with Crippen LogP contribution in [-0.2, 0) is 6.18 Å². The highest BCUT2D eigenvalue weighted by atomic mass is 19.4. The number of hydrogen-bond acceptors (Lipinski definition) is 4. The molecule has 6 heterocycles. The van der Waals surface area contributed by atoms with Gasteiger partial charge in [-0.1, -0.05) is 170 Å². The average molecular weight is 1260 g/mol. The molecule has 6 nitrogen and oxygen atoms in total. The molecular formula is C81H46F8N6. The normalized spacial score (nSPS) is 11.8. The fourth-order valence-electron chi connectivity index (χ4n) is 13.0. The van der Waals surface area contributed by atoms with Crippen molar-refractivity contribution in [1.82, 2.24) is 29.1 Å². The summed E-state index contributed by atoms with van der Waals surface area (Å²) in [6.07, 6.45) is 1.40. The Labute approximate surface area is 537 Å². The summed E-state index contributed by atoms with van der Waals surface area (Å²) in [4.78, 5) is 19.1. The van der Waals surface area contributed by atoms with Crippen molar-refractivity contribution in [2.45, 2.75) is 6.18 Å². The lowest BCUT2D eigenvalue weighted by Gasteiger charge is -2.25. The number of benzene rings is 10. The molecule has 10 aromatic carbocycles. The quantitative estimate of drug-likeness (QED) is 0.0735. The van der Waals surface area contributed by atoms with Gasteiger partial charge in [-0.05, 0) is 107 Å². The first-order chi connectivity index (χ1) is 46.3. The van der Waals surface area contributed by atoms with Crippen molar-refractivity contribution in [2.24, 2.45) is 0 Å². The van der Waals surface area contributed by atoms with Crippen molar-refractivity contribution in [3.05, 3.63) is 314 Å². The van der Waals surface area contributed by atoms with Gasteiger partial charge < -0.3 is 9.13 Å². The predicted octanol–water partition coefficient (Wildman–Crippen LogP) is 22.2. The summed E-state index contributed by atoms with van der Waals surface area (Å²) in [7, 11) is 0. The number of hydrogen-bond donors (Lipinski definition) is 0. The summed E-state index contributed by atoms with van der Waals surface area (Å²) >= 11 is 0. The van der Waals surface area contributed by atoms with Gasteiger partial charge in [0.25, 0.3) is 0 Å². The molecule has 0 fully saturated rings. The minimum atomic E-state index is -5.44. The lowest BCUT2D eigenvalue weighted by Crippen LogP contribution is -2.17. The number of rotatable bonds is 11. The number of halogens is 8. The minimum Gasteiger partial charge on any atom is -0.309 e. The van der Waals surface area contributed by atoms with Crippen molar-refractivity contribution in [1.29, 1.82) is 0 Å². The number of aromatic nitrogens is 6. The molecule has 6 aromatic heterocycles. The average Bonchev–Trinajstić information content (AvgIpc) is 1.62. The highest BCUT2D eigenvalue weighted by molar-refractivity contribution is 6.14. The summed E-state index contributed by atoms with van der Waals surface area (Å²) < 4.78 is 136. The molecule has 0 N–H and O–H groups in total. The van der Waals surface area contributed by atoms with Crippen LogP contribution in [0.1, 0.15) is 5.56 Å². The largest absolute Gasteiger partial charge is 0.420 e. The van der Waals surface area contributed by atoms with Gasteiger partial charge in [-0.2, -0.15) is 13.2 Å². The zero-order valence-corrected chi connectivity index (χ0v) is 49.8. The van der Waals surface area contributed by atoms with E-state index in [0.717, 1.165) is 45.8 Å². The molecule has 0 amide bonds. The molecule has 0 radical (unpaired) electrons. The summed E-state index contributed by atoms with van der Waals surface area (Å²) in [5.41, 5.74) is 7.24. The number of nitrogens with zero attached hydrogens (tertiary/aromatic N) is 6. The molecule has 0 saturated carbocycles. The maximum atomic E-state index is 17.5. The Hall–Kier alpha value is -12.2. The van der Waals surface area contributed by atoms with Crippen molar-refractivity contribution < 1.29 is 35.1 Å². The predicted molar refractivity (Wildman–Crippen MR) is 360 cm³/mol. The summed E-state index contributed by atoms with van der Waals surface area (Å²) in [5.74, 6) is -11.8. The van der Waals surface area contributed by atoms with Gasteiger partial charge in [0, 0.05) is 96.4 Å². The smallest absolute Gasteiger partial charge is 0.309 e. The van der Waals surface area contributed by atoms with Crippen molar-refractivity contribution in [3.63, 3.8) is 0 Å². The lowest BCUT2D eigenvalue weighted by atomic mass is 9.95. The van der Waals surface area contributed by atoms with Crippen LogP contribution in [0.25, 0.3) is 156 Å². The minimum absolute atomic E-state index is 0.107. The van der Waals surface area contributed by atoms with E-state index in [1.165, 1.54) is 9.13 Å². The van der Waals surface area contributed by atoms with Gasteiger partial charge in [0.1, 0.15) is 5.56 Å². The van der Waals surface area contributed by atoms with E-state index in [1.54, 1.807) is 85.5 Å². The van der Waals surface area contributed by atoms with Crippen LogP contribution in [0.5, 0.6) is 0 Å². The summed E-state index contributed by atoms with van der Waals surface area (Å²) in [6.45, 7) is 0. The van der Waals surface area contributed by atoms with E-state index in [1.807, 2.05) is 182 Å². The van der Waals surface area contributed by atoms with E-state index in [9.17, 15) is 0 Å². The second-order valence-corrected chi connectivity index (χ2v) is 23.1. The second-order valence-electron chi connectivity index (χ2n) is 23.1. The number of alkyl halides is 3. The first-order valence-corrected chi connectivity index (χ1v) is 30.3. The fraction of sp³-hybridized carbons (Fsp3) is 0.0123. The SMILES string of the molecule is Fc1c(F)c(F)c(-c2ccc(-n3c4ccc(-c5ccc(-c6ccccc6)nc5)cc4c4cc(-c5ccc(-c6ccccc6)nc5)ccc43)c(C(F)(F)F)c2-n2c3ccc(-c4ccc(-c5ccccc5)nc4)cc3c3cc(-c4ccc(-c5ccccc5)nc4)ccc32)c(F)c1F. The highest BCUT2D eigenvalue weighted by Gasteiger charge is 2.42. The molecule has 0 atom stereocenters. The van der Waals surface area contributed by atoms with Crippen LogP contribution in [-0.4, -0.2) is 29.1 Å². The fourth-order valence-corrected chi connectivity index (χ4v) is 13.0. The Kier molecular flexibility index (Phi) is 14.2. The van der Waals surface area contributed by atoms with Crippen LogP contribution < -0.4 is 0 Å². The summed E-state index contributed by atoms with van der Waals surface area (Å²) in [5, 5.41) is 1.82. The first-order valence-electron chi connectivity index (χ1n) is 30.3. The molecule has 16 rings (SSSR count). The molecule has 0 bridgehead atoms. The molecule has 14 heteroatoms. The standard InChI is InChI=1S/C81H46F8N6/c82-75-73(76(83)78(85)79(86)77(75)84)59-29-38-72(94-68-34-25-51(55-21-30-64(90-43-55)47-13-5-1-6-14-47)39-60(68)61-40-52(26-35-69(61)94)56-22-31-65(91-44-56)48-15-7-2-8-16-48)74(81(87,88)89)80(59)95-70-36-27-53(57-23-32-66(92-45-57)49-17-9-3-10-18-49)41-62(70)63-42-54(28-37-71(63)95)58-24-33-67(93-46-58)50-19-11-4-12-20-50/h1-46H. The van der Waals surface area contributed by atoms with Crippen LogP contribution in [0.4, 0.5) is 35.1 Å². The maximum absolute atomic E-state index is 17.5. The Balaban J connectivity index is 0.963. The Bertz CT molecular complexity index is 5340. The van der Waals surface area contributed by atoms with Crippen molar-refractivity contribution in [2.75, 3.05) is 0 Å².